The molecule has 0 aromatic heterocycles. The van der Waals surface area contributed by atoms with Crippen LogP contribution in [0.1, 0.15) is 21.5 Å². The summed E-state index contributed by atoms with van der Waals surface area (Å²) in [5.74, 6) is 0.0232. The predicted octanol–water partition coefficient (Wildman–Crippen LogP) is 3.28. The monoisotopic (exact) mass is 272 g/mol. The topological polar surface area (TPSA) is 55.8 Å². The van der Waals surface area contributed by atoms with Gasteiger partial charge in [-0.15, -0.1) is 0 Å². The van der Waals surface area contributed by atoms with E-state index < -0.39 is 5.97 Å². The Kier molecular flexibility index (Phi) is 4.25. The van der Waals surface area contributed by atoms with Gasteiger partial charge >= 0.3 is 5.97 Å². The van der Waals surface area contributed by atoms with Crippen LogP contribution in [0.3, 0.4) is 0 Å². The molecule has 2 aromatic rings. The summed E-state index contributed by atoms with van der Waals surface area (Å²) in [7, 11) is 1.50. The third-order valence-electron chi connectivity index (χ3n) is 3.04. The molecule has 0 fully saturated rings. The molecule has 1 N–H and O–H groups in total. The van der Waals surface area contributed by atoms with Crippen molar-refractivity contribution in [2.24, 2.45) is 0 Å². The molecule has 104 valence electrons. The minimum Gasteiger partial charge on any atom is -0.493 e. The van der Waals surface area contributed by atoms with Gasteiger partial charge in [-0.2, -0.15) is 0 Å². The fourth-order valence-electron chi connectivity index (χ4n) is 2.00. The first-order valence-corrected chi connectivity index (χ1v) is 6.21. The Labute approximate surface area is 117 Å². The molecule has 0 amide bonds. The van der Waals surface area contributed by atoms with Crippen molar-refractivity contribution in [3.63, 3.8) is 0 Å². The first kappa shape index (κ1) is 13.9. The lowest BCUT2D eigenvalue weighted by molar-refractivity contribution is 0.0695. The van der Waals surface area contributed by atoms with Gasteiger partial charge in [0.05, 0.1) is 12.7 Å². The lowest BCUT2D eigenvalue weighted by Crippen LogP contribution is -2.04. The highest BCUT2D eigenvalue weighted by molar-refractivity contribution is 5.90. The van der Waals surface area contributed by atoms with Crippen LogP contribution in [0.5, 0.6) is 11.5 Å². The standard InChI is InChI=1S/C16H16O4/c1-11-13(16(17)18)8-9-14(15(11)19-2)20-10-12-6-4-3-5-7-12/h3-9H,10H2,1-2H3,(H,17,18). The van der Waals surface area contributed by atoms with E-state index in [-0.39, 0.29) is 5.56 Å². The zero-order valence-corrected chi connectivity index (χ0v) is 11.4. The van der Waals surface area contributed by atoms with Crippen molar-refractivity contribution in [1.29, 1.82) is 0 Å². The van der Waals surface area contributed by atoms with Gasteiger partial charge in [-0.3, -0.25) is 0 Å². The quantitative estimate of drug-likeness (QED) is 0.907. The van der Waals surface area contributed by atoms with Crippen LogP contribution in [0.15, 0.2) is 42.5 Å². The smallest absolute Gasteiger partial charge is 0.336 e. The van der Waals surface area contributed by atoms with E-state index in [2.05, 4.69) is 0 Å². The van der Waals surface area contributed by atoms with Gasteiger partial charge in [-0.05, 0) is 24.6 Å². The largest absolute Gasteiger partial charge is 0.493 e. The number of hydrogen-bond acceptors (Lipinski definition) is 3. The minimum absolute atomic E-state index is 0.217. The number of carboxylic acids is 1. The van der Waals surface area contributed by atoms with Crippen LogP contribution in [-0.2, 0) is 6.61 Å². The average Bonchev–Trinajstić information content (AvgIpc) is 2.45. The number of benzene rings is 2. The van der Waals surface area contributed by atoms with Crippen LogP contribution in [0.2, 0.25) is 0 Å². The molecule has 0 saturated carbocycles. The Balaban J connectivity index is 2.24. The number of ether oxygens (including phenoxy) is 2. The molecule has 2 rings (SSSR count). The Hall–Kier alpha value is -2.49. The summed E-state index contributed by atoms with van der Waals surface area (Å²) >= 11 is 0. The van der Waals surface area contributed by atoms with E-state index >= 15 is 0 Å². The van der Waals surface area contributed by atoms with Gasteiger partial charge in [0.15, 0.2) is 11.5 Å². The molecular weight excluding hydrogens is 256 g/mol. The van der Waals surface area contributed by atoms with E-state index in [1.54, 1.807) is 13.0 Å². The maximum Gasteiger partial charge on any atom is 0.336 e. The van der Waals surface area contributed by atoms with Crippen molar-refractivity contribution < 1.29 is 19.4 Å². The van der Waals surface area contributed by atoms with Gasteiger partial charge in [0.25, 0.3) is 0 Å². The van der Waals surface area contributed by atoms with Crippen LogP contribution < -0.4 is 9.47 Å². The van der Waals surface area contributed by atoms with Gasteiger partial charge in [-0.1, -0.05) is 30.3 Å². The molecule has 0 radical (unpaired) electrons. The van der Waals surface area contributed by atoms with Crippen molar-refractivity contribution in [2.45, 2.75) is 13.5 Å². The van der Waals surface area contributed by atoms with Crippen molar-refractivity contribution in [3.05, 3.63) is 59.2 Å². The lowest BCUT2D eigenvalue weighted by Gasteiger charge is -2.14. The first-order valence-electron chi connectivity index (χ1n) is 6.21. The Bertz CT molecular complexity index is 605. The van der Waals surface area contributed by atoms with E-state index in [1.807, 2.05) is 30.3 Å². The second-order valence-electron chi connectivity index (χ2n) is 4.35. The molecule has 2 aromatic carbocycles. The third kappa shape index (κ3) is 2.91. The summed E-state index contributed by atoms with van der Waals surface area (Å²) in [4.78, 5) is 11.1. The highest BCUT2D eigenvalue weighted by Crippen LogP contribution is 2.33. The van der Waals surface area contributed by atoms with Gasteiger partial charge in [0, 0.05) is 5.56 Å². The molecule has 0 bridgehead atoms. The number of carboxylic acid groups (broad SMARTS) is 1. The van der Waals surface area contributed by atoms with Crippen LogP contribution in [0.25, 0.3) is 0 Å². The molecule has 4 nitrogen and oxygen atoms in total. The van der Waals surface area contributed by atoms with Crippen molar-refractivity contribution >= 4 is 5.97 Å². The normalized spacial score (nSPS) is 10.1. The highest BCUT2D eigenvalue weighted by Gasteiger charge is 2.15. The number of carbonyl (C=O) groups is 1. The van der Waals surface area contributed by atoms with Crippen molar-refractivity contribution in [3.8, 4) is 11.5 Å². The Morgan fingerprint density at radius 3 is 2.45 bits per heavy atom. The summed E-state index contributed by atoms with van der Waals surface area (Å²) in [6.07, 6.45) is 0. The van der Waals surface area contributed by atoms with Crippen LogP contribution in [-0.4, -0.2) is 18.2 Å². The van der Waals surface area contributed by atoms with E-state index in [9.17, 15) is 4.79 Å². The first-order chi connectivity index (χ1) is 9.63. The van der Waals surface area contributed by atoms with Gasteiger partial charge in [0.1, 0.15) is 6.61 Å². The molecule has 0 unspecified atom stereocenters. The predicted molar refractivity (Wildman–Crippen MR) is 75.5 cm³/mol. The second-order valence-corrected chi connectivity index (χ2v) is 4.35. The molecule has 0 spiro atoms. The number of methoxy groups -OCH3 is 1. The molecular formula is C16H16O4. The molecule has 4 heteroatoms. The Morgan fingerprint density at radius 1 is 1.15 bits per heavy atom. The summed E-state index contributed by atoms with van der Waals surface area (Å²) in [6.45, 7) is 2.11. The number of rotatable bonds is 5. The van der Waals surface area contributed by atoms with Gasteiger partial charge in [0.2, 0.25) is 0 Å². The van der Waals surface area contributed by atoms with Crippen molar-refractivity contribution in [1.82, 2.24) is 0 Å². The summed E-state index contributed by atoms with van der Waals surface area (Å²) in [5, 5.41) is 9.09. The number of hydrogen-bond donors (Lipinski definition) is 1. The van der Waals surface area contributed by atoms with Gasteiger partial charge < -0.3 is 14.6 Å². The van der Waals surface area contributed by atoms with E-state index in [1.165, 1.54) is 13.2 Å². The second kappa shape index (κ2) is 6.10. The van der Waals surface area contributed by atoms with Gasteiger partial charge in [-0.25, -0.2) is 4.79 Å². The Morgan fingerprint density at radius 2 is 1.85 bits per heavy atom. The fourth-order valence-corrected chi connectivity index (χ4v) is 2.00. The molecule has 0 aliphatic heterocycles. The zero-order chi connectivity index (χ0) is 14.5. The molecule has 0 aliphatic rings. The molecule has 20 heavy (non-hydrogen) atoms. The van der Waals surface area contributed by atoms with Crippen LogP contribution in [0, 0.1) is 6.92 Å². The van der Waals surface area contributed by atoms with E-state index in [0.29, 0.717) is 23.7 Å². The van der Waals surface area contributed by atoms with Crippen LogP contribution in [0.4, 0.5) is 0 Å². The molecule has 0 aliphatic carbocycles. The lowest BCUT2D eigenvalue weighted by atomic mass is 10.1. The van der Waals surface area contributed by atoms with Crippen molar-refractivity contribution in [2.75, 3.05) is 7.11 Å². The third-order valence-corrected chi connectivity index (χ3v) is 3.04. The average molecular weight is 272 g/mol. The summed E-state index contributed by atoms with van der Waals surface area (Å²) < 4.78 is 11.0. The minimum atomic E-state index is -0.976. The van der Waals surface area contributed by atoms with E-state index in [0.717, 1.165) is 5.56 Å². The SMILES string of the molecule is COc1c(OCc2ccccc2)ccc(C(=O)O)c1C. The fraction of sp³-hybridized carbons (Fsp3) is 0.188. The van der Waals surface area contributed by atoms with Crippen LogP contribution >= 0.6 is 0 Å². The number of aromatic carboxylic acids is 1. The molecule has 0 atom stereocenters. The van der Waals surface area contributed by atoms with E-state index in [4.69, 9.17) is 14.6 Å². The molecule has 0 heterocycles. The highest BCUT2D eigenvalue weighted by atomic mass is 16.5. The maximum atomic E-state index is 11.1. The summed E-state index contributed by atoms with van der Waals surface area (Å²) in [5.41, 5.74) is 1.81. The maximum absolute atomic E-state index is 11.1. The summed E-state index contributed by atoms with van der Waals surface area (Å²) in [6, 6.07) is 12.9. The molecule has 0 saturated heterocycles. The zero-order valence-electron chi connectivity index (χ0n) is 11.4.